The summed E-state index contributed by atoms with van der Waals surface area (Å²) in [7, 11) is 0. The molecule has 0 saturated heterocycles. The van der Waals surface area contributed by atoms with Gasteiger partial charge in [0.1, 0.15) is 5.75 Å². The Morgan fingerprint density at radius 1 is 1.41 bits per heavy atom. The Morgan fingerprint density at radius 2 is 2.24 bits per heavy atom. The number of pyridine rings is 1. The molecule has 0 aliphatic heterocycles. The van der Waals surface area contributed by atoms with Crippen molar-refractivity contribution >= 4 is 15.9 Å². The average Bonchev–Trinajstić information content (AvgIpc) is 2.75. The molecular weight excluding hydrogens is 286 g/mol. The van der Waals surface area contributed by atoms with Gasteiger partial charge >= 0.3 is 0 Å². The molecule has 0 radical (unpaired) electrons. The lowest BCUT2D eigenvalue weighted by molar-refractivity contribution is 0.241. The SMILES string of the molecule is CC(C)c1noc(COc2cncc(Br)c2)n1. The highest BCUT2D eigenvalue weighted by molar-refractivity contribution is 9.10. The van der Waals surface area contributed by atoms with Gasteiger partial charge in [0.15, 0.2) is 12.4 Å². The Bertz CT molecular complexity index is 499. The van der Waals surface area contributed by atoms with Crippen molar-refractivity contribution in [2.24, 2.45) is 0 Å². The van der Waals surface area contributed by atoms with E-state index in [0.717, 1.165) is 4.47 Å². The maximum Gasteiger partial charge on any atom is 0.264 e. The normalized spacial score (nSPS) is 10.8. The number of nitrogens with zero attached hydrogens (tertiary/aromatic N) is 3. The quantitative estimate of drug-likeness (QED) is 0.868. The van der Waals surface area contributed by atoms with E-state index in [-0.39, 0.29) is 12.5 Å². The van der Waals surface area contributed by atoms with Crippen LogP contribution in [-0.4, -0.2) is 15.1 Å². The van der Waals surface area contributed by atoms with Crippen LogP contribution in [0.1, 0.15) is 31.5 Å². The molecule has 6 heteroatoms. The molecule has 17 heavy (non-hydrogen) atoms. The summed E-state index contributed by atoms with van der Waals surface area (Å²) in [5.74, 6) is 2.06. The summed E-state index contributed by atoms with van der Waals surface area (Å²) in [6, 6.07) is 1.83. The smallest absolute Gasteiger partial charge is 0.264 e. The van der Waals surface area contributed by atoms with Crippen molar-refractivity contribution in [1.29, 1.82) is 0 Å². The topological polar surface area (TPSA) is 61.0 Å². The fraction of sp³-hybridized carbons (Fsp3) is 0.364. The lowest BCUT2D eigenvalue weighted by Gasteiger charge is -2.02. The molecule has 90 valence electrons. The Balaban J connectivity index is 1.97. The summed E-state index contributed by atoms with van der Waals surface area (Å²) < 4.78 is 11.4. The van der Waals surface area contributed by atoms with E-state index in [0.29, 0.717) is 17.5 Å². The van der Waals surface area contributed by atoms with Crippen LogP contribution in [0.5, 0.6) is 5.75 Å². The molecule has 0 spiro atoms. The van der Waals surface area contributed by atoms with E-state index in [2.05, 4.69) is 31.1 Å². The second kappa shape index (κ2) is 5.27. The van der Waals surface area contributed by atoms with E-state index in [1.54, 1.807) is 12.4 Å². The second-order valence-electron chi connectivity index (χ2n) is 3.83. The molecule has 0 fully saturated rings. The lowest BCUT2D eigenvalue weighted by atomic mass is 10.2. The van der Waals surface area contributed by atoms with Gasteiger partial charge in [-0.15, -0.1) is 0 Å². The molecule has 5 nitrogen and oxygen atoms in total. The molecular formula is C11H12BrN3O2. The van der Waals surface area contributed by atoms with Crippen LogP contribution < -0.4 is 4.74 Å². The van der Waals surface area contributed by atoms with Gasteiger partial charge in [0.2, 0.25) is 0 Å². The minimum absolute atomic E-state index is 0.248. The fourth-order valence-corrected chi connectivity index (χ4v) is 1.52. The maximum atomic E-state index is 5.48. The van der Waals surface area contributed by atoms with Crippen LogP contribution in [0, 0.1) is 0 Å². The predicted octanol–water partition coefficient (Wildman–Crippen LogP) is 2.93. The first-order chi connectivity index (χ1) is 8.15. The summed E-state index contributed by atoms with van der Waals surface area (Å²) in [5, 5.41) is 3.85. The van der Waals surface area contributed by atoms with Crippen molar-refractivity contribution in [2.75, 3.05) is 0 Å². The molecule has 2 aromatic heterocycles. The van der Waals surface area contributed by atoms with Crippen LogP contribution in [0.4, 0.5) is 0 Å². The first kappa shape index (κ1) is 12.0. The van der Waals surface area contributed by atoms with Crippen LogP contribution in [0.2, 0.25) is 0 Å². The van der Waals surface area contributed by atoms with Gasteiger partial charge in [-0.1, -0.05) is 19.0 Å². The molecule has 0 aromatic carbocycles. The van der Waals surface area contributed by atoms with Crippen molar-refractivity contribution in [1.82, 2.24) is 15.1 Å². The molecule has 2 aromatic rings. The number of hydrogen-bond acceptors (Lipinski definition) is 5. The zero-order chi connectivity index (χ0) is 12.3. The molecule has 0 bridgehead atoms. The first-order valence-electron chi connectivity index (χ1n) is 5.21. The molecule has 0 N–H and O–H groups in total. The van der Waals surface area contributed by atoms with E-state index >= 15 is 0 Å². The molecule has 0 atom stereocenters. The van der Waals surface area contributed by atoms with Gasteiger partial charge in [0.25, 0.3) is 5.89 Å². The van der Waals surface area contributed by atoms with Crippen molar-refractivity contribution < 1.29 is 9.26 Å². The third kappa shape index (κ3) is 3.26. The minimum Gasteiger partial charge on any atom is -0.482 e. The zero-order valence-electron chi connectivity index (χ0n) is 9.55. The minimum atomic E-state index is 0.248. The summed E-state index contributed by atoms with van der Waals surface area (Å²) >= 11 is 3.32. The van der Waals surface area contributed by atoms with E-state index in [4.69, 9.17) is 9.26 Å². The molecule has 0 unspecified atom stereocenters. The number of halogens is 1. The van der Waals surface area contributed by atoms with Crippen LogP contribution in [-0.2, 0) is 6.61 Å². The highest BCUT2D eigenvalue weighted by Gasteiger charge is 2.09. The molecule has 2 heterocycles. The summed E-state index contributed by atoms with van der Waals surface area (Å²) in [4.78, 5) is 8.20. The number of hydrogen-bond donors (Lipinski definition) is 0. The fourth-order valence-electron chi connectivity index (χ4n) is 1.18. The highest BCUT2D eigenvalue weighted by Crippen LogP contribution is 2.17. The van der Waals surface area contributed by atoms with Gasteiger partial charge in [-0.25, -0.2) is 0 Å². The van der Waals surface area contributed by atoms with E-state index in [1.165, 1.54) is 0 Å². The van der Waals surface area contributed by atoms with Gasteiger partial charge in [0.05, 0.1) is 6.20 Å². The monoisotopic (exact) mass is 297 g/mol. The second-order valence-corrected chi connectivity index (χ2v) is 4.74. The zero-order valence-corrected chi connectivity index (χ0v) is 11.1. The van der Waals surface area contributed by atoms with E-state index in [9.17, 15) is 0 Å². The molecule has 0 aliphatic carbocycles. The Hall–Kier alpha value is -1.43. The summed E-state index contributed by atoms with van der Waals surface area (Å²) in [6.07, 6.45) is 3.32. The van der Waals surface area contributed by atoms with Gasteiger partial charge in [-0.2, -0.15) is 4.98 Å². The van der Waals surface area contributed by atoms with Gasteiger partial charge in [-0.05, 0) is 22.0 Å². The van der Waals surface area contributed by atoms with Crippen molar-refractivity contribution in [2.45, 2.75) is 26.4 Å². The standard InChI is InChI=1S/C11H12BrN3O2/c1-7(2)11-14-10(17-15-11)6-16-9-3-8(12)4-13-5-9/h3-5,7H,6H2,1-2H3. The summed E-state index contributed by atoms with van der Waals surface area (Å²) in [6.45, 7) is 4.26. The maximum absolute atomic E-state index is 5.48. The predicted molar refractivity (Wildman–Crippen MR) is 64.7 cm³/mol. The average molecular weight is 298 g/mol. The van der Waals surface area contributed by atoms with Gasteiger partial charge in [0, 0.05) is 16.6 Å². The van der Waals surface area contributed by atoms with Crippen molar-refractivity contribution in [3.8, 4) is 5.75 Å². The third-order valence-electron chi connectivity index (χ3n) is 2.04. The number of ether oxygens (including phenoxy) is 1. The first-order valence-corrected chi connectivity index (χ1v) is 6.00. The number of rotatable bonds is 4. The molecule has 2 rings (SSSR count). The van der Waals surface area contributed by atoms with E-state index < -0.39 is 0 Å². The third-order valence-corrected chi connectivity index (χ3v) is 2.48. The Morgan fingerprint density at radius 3 is 2.88 bits per heavy atom. The van der Waals surface area contributed by atoms with Crippen LogP contribution in [0.25, 0.3) is 0 Å². The lowest BCUT2D eigenvalue weighted by Crippen LogP contribution is -1.97. The molecule has 0 saturated carbocycles. The Labute approximate surface area is 107 Å². The van der Waals surface area contributed by atoms with Gasteiger partial charge < -0.3 is 9.26 Å². The van der Waals surface area contributed by atoms with Crippen LogP contribution >= 0.6 is 15.9 Å². The van der Waals surface area contributed by atoms with Crippen LogP contribution in [0.3, 0.4) is 0 Å². The highest BCUT2D eigenvalue weighted by atomic mass is 79.9. The molecule has 0 aliphatic rings. The van der Waals surface area contributed by atoms with Crippen LogP contribution in [0.15, 0.2) is 27.5 Å². The Kier molecular flexibility index (Phi) is 3.73. The van der Waals surface area contributed by atoms with Gasteiger partial charge in [-0.3, -0.25) is 4.98 Å². The largest absolute Gasteiger partial charge is 0.482 e. The van der Waals surface area contributed by atoms with Crippen molar-refractivity contribution in [3.05, 3.63) is 34.6 Å². The summed E-state index contributed by atoms with van der Waals surface area (Å²) in [5.41, 5.74) is 0. The number of aromatic nitrogens is 3. The van der Waals surface area contributed by atoms with E-state index in [1.807, 2.05) is 19.9 Å². The molecule has 0 amide bonds. The van der Waals surface area contributed by atoms with Crippen molar-refractivity contribution in [3.63, 3.8) is 0 Å².